The number of nitrogens with two attached hydrogens (primary N) is 1. The summed E-state index contributed by atoms with van der Waals surface area (Å²) in [5.41, 5.74) is 8.37. The summed E-state index contributed by atoms with van der Waals surface area (Å²) < 4.78 is 27.1. The Bertz CT molecular complexity index is 759. The van der Waals surface area contributed by atoms with Crippen LogP contribution >= 0.6 is 0 Å². The largest absolute Gasteiger partial charge is 0.324 e. The zero-order valence-electron chi connectivity index (χ0n) is 12.1. The van der Waals surface area contributed by atoms with Crippen LogP contribution in [0.1, 0.15) is 39.5 Å². The molecule has 3 nitrogen and oxygen atoms in total. The van der Waals surface area contributed by atoms with Crippen molar-refractivity contribution in [3.05, 3.63) is 64.2 Å². The van der Waals surface area contributed by atoms with Crippen LogP contribution in [0.5, 0.6) is 0 Å². The van der Waals surface area contributed by atoms with Crippen LogP contribution < -0.4 is 11.1 Å². The van der Waals surface area contributed by atoms with E-state index in [0.29, 0.717) is 40.8 Å². The Kier molecular flexibility index (Phi) is 3.66. The summed E-state index contributed by atoms with van der Waals surface area (Å²) in [6.45, 7) is 1.62. The number of carbonyl (C=O) groups is 1. The van der Waals surface area contributed by atoms with Gasteiger partial charge in [-0.05, 0) is 61.2 Å². The van der Waals surface area contributed by atoms with Gasteiger partial charge in [-0.15, -0.1) is 0 Å². The molecule has 0 aliphatic heterocycles. The highest BCUT2D eigenvalue weighted by atomic mass is 19.1. The van der Waals surface area contributed by atoms with Crippen LogP contribution in [0.25, 0.3) is 0 Å². The molecule has 1 amide bonds. The fourth-order valence-corrected chi connectivity index (χ4v) is 2.88. The molecule has 0 saturated carbocycles. The third-order valence-electron chi connectivity index (χ3n) is 4.04. The number of carbonyl (C=O) groups excluding carboxylic acids is 1. The van der Waals surface area contributed by atoms with E-state index in [9.17, 15) is 13.6 Å². The summed E-state index contributed by atoms with van der Waals surface area (Å²) in [7, 11) is 0. The fourth-order valence-electron chi connectivity index (χ4n) is 2.88. The smallest absolute Gasteiger partial charge is 0.255 e. The van der Waals surface area contributed by atoms with Gasteiger partial charge in [-0.1, -0.05) is 0 Å². The van der Waals surface area contributed by atoms with Crippen LogP contribution in [0.2, 0.25) is 0 Å². The zero-order chi connectivity index (χ0) is 15.9. The molecule has 3 rings (SSSR count). The number of fused-ring (bicyclic) bond motifs is 1. The number of halogens is 2. The number of rotatable bonds is 2. The average Bonchev–Trinajstić information content (AvgIpc) is 2.86. The van der Waals surface area contributed by atoms with E-state index in [1.807, 2.05) is 0 Å². The van der Waals surface area contributed by atoms with Gasteiger partial charge in [-0.2, -0.15) is 0 Å². The van der Waals surface area contributed by atoms with E-state index >= 15 is 0 Å². The molecule has 2 aromatic carbocycles. The van der Waals surface area contributed by atoms with Crippen molar-refractivity contribution in [3.8, 4) is 0 Å². The summed E-state index contributed by atoms with van der Waals surface area (Å²) in [4.78, 5) is 12.4. The van der Waals surface area contributed by atoms with E-state index in [0.717, 1.165) is 0 Å². The van der Waals surface area contributed by atoms with E-state index in [-0.39, 0.29) is 23.6 Å². The number of nitrogens with one attached hydrogen (secondary N) is 1. The van der Waals surface area contributed by atoms with Gasteiger partial charge in [0, 0.05) is 22.9 Å². The van der Waals surface area contributed by atoms with E-state index in [1.54, 1.807) is 13.0 Å². The van der Waals surface area contributed by atoms with Gasteiger partial charge >= 0.3 is 0 Å². The second-order valence-electron chi connectivity index (χ2n) is 5.55. The average molecular weight is 302 g/mol. The molecule has 3 N–H and O–H groups in total. The maximum atomic E-state index is 13.9. The van der Waals surface area contributed by atoms with Crippen molar-refractivity contribution in [2.45, 2.75) is 25.8 Å². The first-order valence-corrected chi connectivity index (χ1v) is 7.11. The minimum absolute atomic E-state index is 0.327. The predicted octanol–water partition coefficient (Wildman–Crippen LogP) is 3.47. The maximum Gasteiger partial charge on any atom is 0.255 e. The maximum absolute atomic E-state index is 13.9. The van der Waals surface area contributed by atoms with Gasteiger partial charge in [-0.3, -0.25) is 4.79 Å². The molecule has 0 radical (unpaired) electrons. The number of hydrogen-bond donors (Lipinski definition) is 2. The standard InChI is InChI=1S/C17H16F2N2O/c1-9-8-10(2-5-13(9)18)21-17(22)12-3-6-14(19)16-11(12)4-7-15(16)20/h2-3,5-6,8,15H,4,7,20H2,1H3,(H,21,22)/t15-/m0/s1. The highest BCUT2D eigenvalue weighted by Gasteiger charge is 2.27. The molecule has 0 aromatic heterocycles. The van der Waals surface area contributed by atoms with Crippen LogP contribution in [0.4, 0.5) is 14.5 Å². The topological polar surface area (TPSA) is 55.1 Å². The van der Waals surface area contributed by atoms with Crippen molar-refractivity contribution < 1.29 is 13.6 Å². The predicted molar refractivity (Wildman–Crippen MR) is 80.7 cm³/mol. The minimum Gasteiger partial charge on any atom is -0.324 e. The van der Waals surface area contributed by atoms with Crippen molar-refractivity contribution in [1.29, 1.82) is 0 Å². The first kappa shape index (κ1) is 14.7. The molecular weight excluding hydrogens is 286 g/mol. The number of amides is 1. The molecule has 22 heavy (non-hydrogen) atoms. The molecule has 1 aliphatic carbocycles. The molecular formula is C17H16F2N2O. The zero-order valence-corrected chi connectivity index (χ0v) is 12.1. The summed E-state index contributed by atoms with van der Waals surface area (Å²) in [6.07, 6.45) is 1.21. The number of anilines is 1. The van der Waals surface area contributed by atoms with Crippen LogP contribution in [0.3, 0.4) is 0 Å². The number of aryl methyl sites for hydroxylation is 1. The second-order valence-corrected chi connectivity index (χ2v) is 5.55. The highest BCUT2D eigenvalue weighted by molar-refractivity contribution is 6.05. The van der Waals surface area contributed by atoms with Gasteiger partial charge in [0.15, 0.2) is 0 Å². The Morgan fingerprint density at radius 1 is 1.23 bits per heavy atom. The van der Waals surface area contributed by atoms with E-state index in [2.05, 4.69) is 5.32 Å². The molecule has 2 aromatic rings. The van der Waals surface area contributed by atoms with Crippen molar-refractivity contribution >= 4 is 11.6 Å². The summed E-state index contributed by atoms with van der Waals surface area (Å²) in [6, 6.07) is 6.73. The van der Waals surface area contributed by atoms with E-state index in [1.165, 1.54) is 24.3 Å². The Balaban J connectivity index is 1.92. The van der Waals surface area contributed by atoms with Gasteiger partial charge < -0.3 is 11.1 Å². The lowest BCUT2D eigenvalue weighted by Gasteiger charge is -2.12. The normalized spacial score (nSPS) is 16.5. The summed E-state index contributed by atoms with van der Waals surface area (Å²) in [5.74, 6) is -1.03. The Morgan fingerprint density at radius 2 is 1.95 bits per heavy atom. The molecule has 0 spiro atoms. The second kappa shape index (κ2) is 5.50. The first-order valence-electron chi connectivity index (χ1n) is 7.11. The molecule has 0 bridgehead atoms. The van der Waals surface area contributed by atoms with E-state index < -0.39 is 0 Å². The molecule has 0 saturated heterocycles. The van der Waals surface area contributed by atoms with Gasteiger partial charge in [0.1, 0.15) is 11.6 Å². The minimum atomic E-state index is -0.367. The number of benzene rings is 2. The third kappa shape index (κ3) is 2.48. The van der Waals surface area contributed by atoms with Crippen molar-refractivity contribution in [1.82, 2.24) is 0 Å². The van der Waals surface area contributed by atoms with Crippen molar-refractivity contribution in [2.75, 3.05) is 5.32 Å². The van der Waals surface area contributed by atoms with Gasteiger partial charge in [0.25, 0.3) is 5.91 Å². The fraction of sp³-hybridized carbons (Fsp3) is 0.235. The molecule has 0 unspecified atom stereocenters. The Labute approximate surface area is 127 Å². The van der Waals surface area contributed by atoms with Crippen molar-refractivity contribution in [3.63, 3.8) is 0 Å². The van der Waals surface area contributed by atoms with Gasteiger partial charge in [0.2, 0.25) is 0 Å². The first-order chi connectivity index (χ1) is 10.5. The van der Waals surface area contributed by atoms with Gasteiger partial charge in [0.05, 0.1) is 0 Å². The summed E-state index contributed by atoms with van der Waals surface area (Å²) >= 11 is 0. The third-order valence-corrected chi connectivity index (χ3v) is 4.04. The highest BCUT2D eigenvalue weighted by Crippen LogP contribution is 2.34. The van der Waals surface area contributed by atoms with Crippen LogP contribution in [-0.2, 0) is 6.42 Å². The quantitative estimate of drug-likeness (QED) is 0.892. The van der Waals surface area contributed by atoms with Crippen LogP contribution in [0.15, 0.2) is 30.3 Å². The monoisotopic (exact) mass is 302 g/mol. The summed E-state index contributed by atoms with van der Waals surface area (Å²) in [5, 5.41) is 2.72. The molecule has 114 valence electrons. The van der Waals surface area contributed by atoms with Crippen LogP contribution in [-0.4, -0.2) is 5.91 Å². The Hall–Kier alpha value is -2.27. The Morgan fingerprint density at radius 3 is 2.68 bits per heavy atom. The molecule has 1 atom stereocenters. The number of hydrogen-bond acceptors (Lipinski definition) is 2. The molecule has 0 fully saturated rings. The SMILES string of the molecule is Cc1cc(NC(=O)c2ccc(F)c3c2CC[C@@H]3N)ccc1F. The lowest BCUT2D eigenvalue weighted by atomic mass is 10.0. The van der Waals surface area contributed by atoms with Crippen molar-refractivity contribution in [2.24, 2.45) is 5.73 Å². The van der Waals surface area contributed by atoms with Crippen LogP contribution in [0, 0.1) is 18.6 Å². The van der Waals surface area contributed by atoms with Gasteiger partial charge in [-0.25, -0.2) is 8.78 Å². The molecule has 5 heteroatoms. The molecule has 0 heterocycles. The van der Waals surface area contributed by atoms with E-state index in [4.69, 9.17) is 5.73 Å². The lowest BCUT2D eigenvalue weighted by Crippen LogP contribution is -2.16. The molecule has 1 aliphatic rings. The lowest BCUT2D eigenvalue weighted by molar-refractivity contribution is 0.102.